The Morgan fingerprint density at radius 2 is 2.40 bits per heavy atom. The zero-order chi connectivity index (χ0) is 14.4. The van der Waals surface area contributed by atoms with Gasteiger partial charge in [0.25, 0.3) is 0 Å². The largest absolute Gasteiger partial charge is 0.493 e. The monoisotopic (exact) mass is 341 g/mol. The highest BCUT2D eigenvalue weighted by molar-refractivity contribution is 9.10. The molecular weight excluding hydrogens is 322 g/mol. The molecule has 0 spiro atoms. The van der Waals surface area contributed by atoms with Gasteiger partial charge < -0.3 is 14.8 Å². The smallest absolute Gasteiger partial charge is 0.307 e. The first kappa shape index (κ1) is 15.3. The van der Waals surface area contributed by atoms with E-state index < -0.39 is 0 Å². The molecule has 0 aromatic heterocycles. The first-order chi connectivity index (χ1) is 9.70. The number of esters is 1. The number of hydrogen-bond donors (Lipinski definition) is 1. The van der Waals surface area contributed by atoms with Crippen LogP contribution in [0.3, 0.4) is 0 Å². The average Bonchev–Trinajstić information content (AvgIpc) is 2.61. The van der Waals surface area contributed by atoms with Gasteiger partial charge in [0.1, 0.15) is 5.75 Å². The van der Waals surface area contributed by atoms with Crippen LogP contribution in [-0.4, -0.2) is 25.7 Å². The number of fused-ring (bicyclic) bond motifs is 1. The zero-order valence-electron chi connectivity index (χ0n) is 11.7. The van der Waals surface area contributed by atoms with Gasteiger partial charge in [-0.15, -0.1) is 0 Å². The zero-order valence-corrected chi connectivity index (χ0v) is 13.2. The summed E-state index contributed by atoms with van der Waals surface area (Å²) in [5, 5.41) is 3.43. The van der Waals surface area contributed by atoms with E-state index in [9.17, 15) is 4.79 Å². The van der Waals surface area contributed by atoms with Crippen molar-refractivity contribution in [1.29, 1.82) is 0 Å². The molecule has 110 valence electrons. The molecular formula is C15H20BrNO3. The molecule has 20 heavy (non-hydrogen) atoms. The Morgan fingerprint density at radius 1 is 1.55 bits per heavy atom. The van der Waals surface area contributed by atoms with E-state index in [0.717, 1.165) is 35.2 Å². The van der Waals surface area contributed by atoms with E-state index in [4.69, 9.17) is 9.47 Å². The molecule has 0 radical (unpaired) electrons. The number of rotatable bonds is 5. The predicted octanol–water partition coefficient (Wildman–Crippen LogP) is 3.21. The molecule has 0 fully saturated rings. The number of ether oxygens (including phenoxy) is 2. The van der Waals surface area contributed by atoms with Gasteiger partial charge in [0.05, 0.1) is 19.6 Å². The van der Waals surface area contributed by atoms with Crippen molar-refractivity contribution in [2.75, 3.05) is 19.8 Å². The van der Waals surface area contributed by atoms with E-state index in [-0.39, 0.29) is 12.0 Å². The first-order valence-electron chi connectivity index (χ1n) is 7.02. The van der Waals surface area contributed by atoms with Gasteiger partial charge in [0.2, 0.25) is 0 Å². The summed E-state index contributed by atoms with van der Waals surface area (Å²) in [7, 11) is 0. The SMILES string of the molecule is CCOC(=O)CCNC1CCCOc2cc(Br)ccc21. The second kappa shape index (κ2) is 7.64. The van der Waals surface area contributed by atoms with E-state index in [1.54, 1.807) is 0 Å². The molecule has 1 aliphatic rings. The van der Waals surface area contributed by atoms with E-state index in [2.05, 4.69) is 27.3 Å². The third-order valence-corrected chi connectivity index (χ3v) is 3.76. The Morgan fingerprint density at radius 3 is 3.20 bits per heavy atom. The summed E-state index contributed by atoms with van der Waals surface area (Å²) >= 11 is 3.46. The highest BCUT2D eigenvalue weighted by Crippen LogP contribution is 2.33. The Kier molecular flexibility index (Phi) is 5.86. The second-order valence-corrected chi connectivity index (χ2v) is 5.65. The predicted molar refractivity (Wildman–Crippen MR) is 80.9 cm³/mol. The minimum atomic E-state index is -0.152. The van der Waals surface area contributed by atoms with Crippen LogP contribution < -0.4 is 10.1 Å². The maximum atomic E-state index is 11.3. The van der Waals surface area contributed by atoms with Crippen molar-refractivity contribution >= 4 is 21.9 Å². The van der Waals surface area contributed by atoms with Crippen LogP contribution in [0.2, 0.25) is 0 Å². The third-order valence-electron chi connectivity index (χ3n) is 3.27. The van der Waals surface area contributed by atoms with Crippen LogP contribution in [0.4, 0.5) is 0 Å². The van der Waals surface area contributed by atoms with E-state index in [1.807, 2.05) is 19.1 Å². The molecule has 0 saturated carbocycles. The van der Waals surface area contributed by atoms with Gasteiger partial charge in [0.15, 0.2) is 0 Å². The van der Waals surface area contributed by atoms with Crippen molar-refractivity contribution in [1.82, 2.24) is 5.32 Å². The normalized spacial score (nSPS) is 17.8. The number of nitrogens with one attached hydrogen (secondary N) is 1. The molecule has 1 heterocycles. The van der Waals surface area contributed by atoms with Crippen molar-refractivity contribution < 1.29 is 14.3 Å². The number of carbonyl (C=O) groups excluding carboxylic acids is 1. The Bertz CT molecular complexity index is 464. The maximum absolute atomic E-state index is 11.3. The second-order valence-electron chi connectivity index (χ2n) is 4.73. The van der Waals surface area contributed by atoms with Crippen LogP contribution in [0.1, 0.15) is 37.8 Å². The Balaban J connectivity index is 1.96. The molecule has 5 heteroatoms. The van der Waals surface area contributed by atoms with Gasteiger partial charge in [0, 0.05) is 22.6 Å². The number of halogens is 1. The van der Waals surface area contributed by atoms with Gasteiger partial charge in [-0.25, -0.2) is 0 Å². The molecule has 1 aromatic carbocycles. The lowest BCUT2D eigenvalue weighted by Gasteiger charge is -2.18. The molecule has 0 aliphatic carbocycles. The van der Waals surface area contributed by atoms with Crippen molar-refractivity contribution in [3.05, 3.63) is 28.2 Å². The highest BCUT2D eigenvalue weighted by atomic mass is 79.9. The lowest BCUT2D eigenvalue weighted by atomic mass is 10.0. The van der Waals surface area contributed by atoms with Crippen LogP contribution in [0.15, 0.2) is 22.7 Å². The lowest BCUT2D eigenvalue weighted by molar-refractivity contribution is -0.143. The molecule has 1 unspecified atom stereocenters. The van der Waals surface area contributed by atoms with Crippen molar-refractivity contribution in [3.8, 4) is 5.75 Å². The summed E-state index contributed by atoms with van der Waals surface area (Å²) < 4.78 is 11.7. The topological polar surface area (TPSA) is 47.6 Å². The summed E-state index contributed by atoms with van der Waals surface area (Å²) in [4.78, 5) is 11.3. The number of carbonyl (C=O) groups is 1. The number of benzene rings is 1. The molecule has 1 N–H and O–H groups in total. The molecule has 1 aliphatic heterocycles. The van der Waals surface area contributed by atoms with Crippen molar-refractivity contribution in [3.63, 3.8) is 0 Å². The van der Waals surface area contributed by atoms with Crippen LogP contribution in [0, 0.1) is 0 Å². The molecule has 1 atom stereocenters. The van der Waals surface area contributed by atoms with Gasteiger partial charge in [-0.2, -0.15) is 0 Å². The van der Waals surface area contributed by atoms with Gasteiger partial charge >= 0.3 is 5.97 Å². The fourth-order valence-electron chi connectivity index (χ4n) is 2.34. The highest BCUT2D eigenvalue weighted by Gasteiger charge is 2.19. The van der Waals surface area contributed by atoms with Crippen LogP contribution in [0.25, 0.3) is 0 Å². The van der Waals surface area contributed by atoms with E-state index >= 15 is 0 Å². The standard InChI is InChI=1S/C15H20BrNO3/c1-2-19-15(18)7-8-17-13-4-3-9-20-14-10-11(16)5-6-12(13)14/h5-6,10,13,17H,2-4,7-9H2,1H3. The van der Waals surface area contributed by atoms with Crippen LogP contribution >= 0.6 is 15.9 Å². The maximum Gasteiger partial charge on any atom is 0.307 e. The average molecular weight is 342 g/mol. The first-order valence-corrected chi connectivity index (χ1v) is 7.81. The molecule has 4 nitrogen and oxygen atoms in total. The van der Waals surface area contributed by atoms with Crippen molar-refractivity contribution in [2.24, 2.45) is 0 Å². The van der Waals surface area contributed by atoms with E-state index in [1.165, 1.54) is 0 Å². The summed E-state index contributed by atoms with van der Waals surface area (Å²) in [6.07, 6.45) is 2.41. The lowest BCUT2D eigenvalue weighted by Crippen LogP contribution is -2.24. The fourth-order valence-corrected chi connectivity index (χ4v) is 2.68. The third kappa shape index (κ3) is 4.21. The molecule has 2 rings (SSSR count). The molecule has 0 saturated heterocycles. The molecule has 1 aromatic rings. The Labute approximate surface area is 128 Å². The summed E-state index contributed by atoms with van der Waals surface area (Å²) in [6.45, 7) is 3.62. The van der Waals surface area contributed by atoms with Gasteiger partial charge in [-0.1, -0.05) is 22.0 Å². The minimum Gasteiger partial charge on any atom is -0.493 e. The van der Waals surface area contributed by atoms with Crippen LogP contribution in [-0.2, 0) is 9.53 Å². The minimum absolute atomic E-state index is 0.152. The summed E-state index contributed by atoms with van der Waals surface area (Å²) in [6, 6.07) is 6.33. The van der Waals surface area contributed by atoms with Crippen LogP contribution in [0.5, 0.6) is 5.75 Å². The fraction of sp³-hybridized carbons (Fsp3) is 0.533. The van der Waals surface area contributed by atoms with Gasteiger partial charge in [-0.05, 0) is 31.9 Å². The molecule has 0 bridgehead atoms. The summed E-state index contributed by atoms with van der Waals surface area (Å²) in [5.74, 6) is 0.770. The summed E-state index contributed by atoms with van der Waals surface area (Å²) in [5.41, 5.74) is 1.16. The number of hydrogen-bond acceptors (Lipinski definition) is 4. The van der Waals surface area contributed by atoms with E-state index in [0.29, 0.717) is 19.6 Å². The van der Waals surface area contributed by atoms with Gasteiger partial charge in [-0.3, -0.25) is 4.79 Å². The Hall–Kier alpha value is -1.07. The molecule has 0 amide bonds. The van der Waals surface area contributed by atoms with Crippen molar-refractivity contribution in [2.45, 2.75) is 32.2 Å². The quantitative estimate of drug-likeness (QED) is 0.835.